The van der Waals surface area contributed by atoms with E-state index < -0.39 is 5.97 Å². The standard InChI is InChI=1S/C11H11ClO2/c12-10-7-5-9(6-8-10)3-1-2-4-11(13)14/h1,3,5-8H,2,4H2,(H,13,14)/b3-1+. The second-order valence-electron chi connectivity index (χ2n) is 2.89. The van der Waals surface area contributed by atoms with Gasteiger partial charge < -0.3 is 5.11 Å². The first kappa shape index (κ1) is 10.8. The summed E-state index contributed by atoms with van der Waals surface area (Å²) in [4.78, 5) is 10.2. The molecule has 0 bridgehead atoms. The Hall–Kier alpha value is -1.28. The van der Waals surface area contributed by atoms with E-state index in [9.17, 15) is 4.79 Å². The Bertz CT molecular complexity index is 328. The van der Waals surface area contributed by atoms with Gasteiger partial charge in [-0.05, 0) is 24.1 Å². The van der Waals surface area contributed by atoms with Crippen molar-refractivity contribution < 1.29 is 9.90 Å². The Morgan fingerprint density at radius 2 is 2.00 bits per heavy atom. The highest BCUT2D eigenvalue weighted by Gasteiger charge is 1.92. The summed E-state index contributed by atoms with van der Waals surface area (Å²) in [5, 5.41) is 9.10. The lowest BCUT2D eigenvalue weighted by Gasteiger charge is -1.93. The fourth-order valence-corrected chi connectivity index (χ4v) is 1.13. The molecule has 0 aliphatic rings. The average molecular weight is 211 g/mol. The normalized spacial score (nSPS) is 10.6. The quantitative estimate of drug-likeness (QED) is 0.829. The predicted molar refractivity (Wildman–Crippen MR) is 57.4 cm³/mol. The third-order valence-electron chi connectivity index (χ3n) is 1.71. The second-order valence-corrected chi connectivity index (χ2v) is 3.32. The topological polar surface area (TPSA) is 37.3 Å². The molecule has 0 spiro atoms. The molecule has 0 fully saturated rings. The van der Waals surface area contributed by atoms with Crippen molar-refractivity contribution in [2.24, 2.45) is 0 Å². The Morgan fingerprint density at radius 1 is 1.36 bits per heavy atom. The molecule has 0 amide bonds. The molecule has 0 saturated heterocycles. The van der Waals surface area contributed by atoms with Crippen molar-refractivity contribution in [2.45, 2.75) is 12.8 Å². The predicted octanol–water partition coefficient (Wildman–Crippen LogP) is 3.22. The zero-order valence-corrected chi connectivity index (χ0v) is 8.37. The summed E-state index contributed by atoms with van der Waals surface area (Å²) in [6.07, 6.45) is 4.46. The molecule has 74 valence electrons. The van der Waals surface area contributed by atoms with Crippen molar-refractivity contribution in [3.63, 3.8) is 0 Å². The molecule has 0 aliphatic heterocycles. The van der Waals surface area contributed by atoms with Crippen LogP contribution in [0.25, 0.3) is 6.08 Å². The van der Waals surface area contributed by atoms with E-state index in [1.54, 1.807) is 12.1 Å². The number of hydrogen-bond donors (Lipinski definition) is 1. The molecular weight excluding hydrogens is 200 g/mol. The van der Waals surface area contributed by atoms with Crippen molar-refractivity contribution in [3.05, 3.63) is 40.9 Å². The van der Waals surface area contributed by atoms with Crippen molar-refractivity contribution in [1.29, 1.82) is 0 Å². The summed E-state index contributed by atoms with van der Waals surface area (Å²) in [5.41, 5.74) is 1.03. The Labute approximate surface area is 87.8 Å². The van der Waals surface area contributed by atoms with Crippen LogP contribution in [0.4, 0.5) is 0 Å². The number of carboxylic acid groups (broad SMARTS) is 1. The van der Waals surface area contributed by atoms with Gasteiger partial charge in [0.15, 0.2) is 0 Å². The van der Waals surface area contributed by atoms with Crippen LogP contribution in [0.15, 0.2) is 30.3 Å². The van der Waals surface area contributed by atoms with Gasteiger partial charge in [0.2, 0.25) is 0 Å². The minimum Gasteiger partial charge on any atom is -0.481 e. The first-order chi connectivity index (χ1) is 6.68. The van der Waals surface area contributed by atoms with Gasteiger partial charge in [0.1, 0.15) is 0 Å². The van der Waals surface area contributed by atoms with Gasteiger partial charge in [-0.15, -0.1) is 0 Å². The fraction of sp³-hybridized carbons (Fsp3) is 0.182. The second kappa shape index (κ2) is 5.45. The molecule has 14 heavy (non-hydrogen) atoms. The first-order valence-electron chi connectivity index (χ1n) is 4.32. The number of carboxylic acids is 1. The maximum Gasteiger partial charge on any atom is 0.303 e. The van der Waals surface area contributed by atoms with Crippen LogP contribution in [0.1, 0.15) is 18.4 Å². The van der Waals surface area contributed by atoms with Crippen molar-refractivity contribution in [1.82, 2.24) is 0 Å². The maximum atomic E-state index is 10.2. The van der Waals surface area contributed by atoms with Gasteiger partial charge >= 0.3 is 5.97 Å². The molecule has 1 rings (SSSR count). The maximum absolute atomic E-state index is 10.2. The van der Waals surface area contributed by atoms with E-state index in [4.69, 9.17) is 16.7 Å². The lowest BCUT2D eigenvalue weighted by atomic mass is 10.2. The Kier molecular flexibility index (Phi) is 4.20. The Balaban J connectivity index is 2.44. The van der Waals surface area contributed by atoms with E-state index in [0.29, 0.717) is 11.4 Å². The molecule has 0 aromatic heterocycles. The molecule has 0 atom stereocenters. The van der Waals surface area contributed by atoms with Gasteiger partial charge in [0.05, 0.1) is 0 Å². The summed E-state index contributed by atoms with van der Waals surface area (Å²) in [6.45, 7) is 0. The highest BCUT2D eigenvalue weighted by atomic mass is 35.5. The molecule has 1 aromatic carbocycles. The summed E-state index contributed by atoms with van der Waals surface area (Å²) in [6, 6.07) is 7.38. The molecule has 0 radical (unpaired) electrons. The van der Waals surface area contributed by atoms with E-state index in [-0.39, 0.29) is 6.42 Å². The lowest BCUT2D eigenvalue weighted by molar-refractivity contribution is -0.136. The number of benzene rings is 1. The minimum absolute atomic E-state index is 0.171. The Morgan fingerprint density at radius 3 is 2.57 bits per heavy atom. The van der Waals surface area contributed by atoms with Crippen LogP contribution in [0.5, 0.6) is 0 Å². The van der Waals surface area contributed by atoms with Crippen LogP contribution in [0.2, 0.25) is 5.02 Å². The molecule has 0 saturated carbocycles. The summed E-state index contributed by atoms with van der Waals surface area (Å²) in [5.74, 6) is -0.772. The number of halogens is 1. The number of aliphatic carboxylic acids is 1. The molecule has 0 aliphatic carbocycles. The molecule has 1 N–H and O–H groups in total. The van der Waals surface area contributed by atoms with Gasteiger partial charge in [-0.25, -0.2) is 0 Å². The largest absolute Gasteiger partial charge is 0.481 e. The summed E-state index contributed by atoms with van der Waals surface area (Å²) in [7, 11) is 0. The molecule has 0 unspecified atom stereocenters. The van der Waals surface area contributed by atoms with Gasteiger partial charge in [0.25, 0.3) is 0 Å². The third-order valence-corrected chi connectivity index (χ3v) is 1.96. The highest BCUT2D eigenvalue weighted by molar-refractivity contribution is 6.30. The van der Waals surface area contributed by atoms with Crippen LogP contribution in [0, 0.1) is 0 Å². The van der Waals surface area contributed by atoms with Gasteiger partial charge in [0, 0.05) is 11.4 Å². The monoisotopic (exact) mass is 210 g/mol. The van der Waals surface area contributed by atoms with Crippen molar-refractivity contribution in [3.8, 4) is 0 Å². The van der Waals surface area contributed by atoms with Crippen LogP contribution >= 0.6 is 11.6 Å². The highest BCUT2D eigenvalue weighted by Crippen LogP contribution is 2.10. The minimum atomic E-state index is -0.772. The van der Waals surface area contributed by atoms with Crippen LogP contribution < -0.4 is 0 Å². The van der Waals surface area contributed by atoms with Crippen LogP contribution in [-0.2, 0) is 4.79 Å². The molecular formula is C11H11ClO2. The summed E-state index contributed by atoms with van der Waals surface area (Å²) < 4.78 is 0. The number of carbonyl (C=O) groups is 1. The van der Waals surface area contributed by atoms with Crippen molar-refractivity contribution in [2.75, 3.05) is 0 Å². The van der Waals surface area contributed by atoms with E-state index in [2.05, 4.69) is 0 Å². The average Bonchev–Trinajstić information content (AvgIpc) is 2.15. The lowest BCUT2D eigenvalue weighted by Crippen LogP contribution is -1.91. The zero-order chi connectivity index (χ0) is 10.4. The van der Waals surface area contributed by atoms with Gasteiger partial charge in [-0.1, -0.05) is 35.9 Å². The zero-order valence-electron chi connectivity index (χ0n) is 7.61. The third kappa shape index (κ3) is 4.10. The number of allylic oxidation sites excluding steroid dienone is 1. The van der Waals surface area contributed by atoms with Gasteiger partial charge in [-0.3, -0.25) is 4.79 Å². The van der Waals surface area contributed by atoms with E-state index in [1.165, 1.54) is 0 Å². The smallest absolute Gasteiger partial charge is 0.303 e. The summed E-state index contributed by atoms with van der Waals surface area (Å²) >= 11 is 5.71. The van der Waals surface area contributed by atoms with E-state index in [1.807, 2.05) is 24.3 Å². The van der Waals surface area contributed by atoms with E-state index >= 15 is 0 Å². The van der Waals surface area contributed by atoms with Crippen molar-refractivity contribution >= 4 is 23.6 Å². The fourth-order valence-electron chi connectivity index (χ4n) is 1.00. The molecule has 1 aromatic rings. The molecule has 3 heteroatoms. The SMILES string of the molecule is O=C(O)CC/C=C/c1ccc(Cl)cc1. The first-order valence-corrected chi connectivity index (χ1v) is 4.70. The van der Waals surface area contributed by atoms with E-state index in [0.717, 1.165) is 5.56 Å². The molecule has 0 heterocycles. The number of hydrogen-bond acceptors (Lipinski definition) is 1. The number of rotatable bonds is 4. The van der Waals surface area contributed by atoms with Crippen LogP contribution in [-0.4, -0.2) is 11.1 Å². The molecule has 2 nitrogen and oxygen atoms in total. The van der Waals surface area contributed by atoms with Crippen LogP contribution in [0.3, 0.4) is 0 Å². The van der Waals surface area contributed by atoms with Gasteiger partial charge in [-0.2, -0.15) is 0 Å².